The zero-order valence-electron chi connectivity index (χ0n) is 9.95. The third-order valence-electron chi connectivity index (χ3n) is 3.79. The van der Waals surface area contributed by atoms with Crippen LogP contribution in [-0.4, -0.2) is 27.9 Å². The van der Waals surface area contributed by atoms with Crippen molar-refractivity contribution < 1.29 is 0 Å². The van der Waals surface area contributed by atoms with Gasteiger partial charge in [0.1, 0.15) is 5.82 Å². The Hall–Kier alpha value is -0.900. The van der Waals surface area contributed by atoms with Gasteiger partial charge in [-0.25, -0.2) is 9.67 Å². The molecule has 0 spiro atoms. The number of nitrogens with one attached hydrogen (secondary N) is 1. The fourth-order valence-electron chi connectivity index (χ4n) is 2.73. The third-order valence-corrected chi connectivity index (χ3v) is 3.79. The van der Waals surface area contributed by atoms with Gasteiger partial charge in [0.15, 0.2) is 5.82 Å². The van der Waals surface area contributed by atoms with E-state index in [-0.39, 0.29) is 0 Å². The first-order valence-electron chi connectivity index (χ1n) is 6.47. The molecule has 0 amide bonds. The molecule has 1 saturated heterocycles. The van der Waals surface area contributed by atoms with Gasteiger partial charge < -0.3 is 5.32 Å². The maximum Gasteiger partial charge on any atom is 0.155 e. The van der Waals surface area contributed by atoms with Gasteiger partial charge in [0.2, 0.25) is 0 Å². The predicted molar refractivity (Wildman–Crippen MR) is 62.4 cm³/mol. The average molecular weight is 220 g/mol. The fourth-order valence-corrected chi connectivity index (χ4v) is 2.73. The molecule has 2 aliphatic heterocycles. The van der Waals surface area contributed by atoms with Crippen LogP contribution in [0.25, 0.3) is 0 Å². The van der Waals surface area contributed by atoms with Crippen molar-refractivity contribution in [3.8, 4) is 0 Å². The van der Waals surface area contributed by atoms with Crippen molar-refractivity contribution in [1.82, 2.24) is 20.1 Å². The minimum atomic E-state index is 0.544. The highest BCUT2D eigenvalue weighted by Crippen LogP contribution is 2.24. The van der Waals surface area contributed by atoms with Crippen molar-refractivity contribution in [2.75, 3.05) is 13.1 Å². The Balaban J connectivity index is 1.80. The van der Waals surface area contributed by atoms with E-state index in [0.29, 0.717) is 5.92 Å². The number of hydrogen-bond donors (Lipinski definition) is 1. The Bertz CT molecular complexity index is 365. The first-order chi connectivity index (χ1) is 7.83. The van der Waals surface area contributed by atoms with Crippen LogP contribution in [0, 0.1) is 5.92 Å². The zero-order chi connectivity index (χ0) is 11.0. The number of aryl methyl sites for hydroxylation is 1. The summed E-state index contributed by atoms with van der Waals surface area (Å²) < 4.78 is 2.13. The SMILES string of the molecule is CC1CCn2nc(C3CCCNC3)nc2C1. The van der Waals surface area contributed by atoms with Gasteiger partial charge in [-0.2, -0.15) is 5.10 Å². The molecule has 2 atom stereocenters. The van der Waals surface area contributed by atoms with Gasteiger partial charge in [-0.15, -0.1) is 0 Å². The average Bonchev–Trinajstić information content (AvgIpc) is 2.73. The summed E-state index contributed by atoms with van der Waals surface area (Å²) in [5, 5.41) is 8.11. The molecule has 2 unspecified atom stereocenters. The van der Waals surface area contributed by atoms with Crippen molar-refractivity contribution in [2.45, 2.75) is 45.1 Å². The minimum absolute atomic E-state index is 0.544. The van der Waals surface area contributed by atoms with Gasteiger partial charge in [0.05, 0.1) is 0 Å². The summed E-state index contributed by atoms with van der Waals surface area (Å²) >= 11 is 0. The van der Waals surface area contributed by atoms with Gasteiger partial charge in [0.25, 0.3) is 0 Å². The largest absolute Gasteiger partial charge is 0.316 e. The van der Waals surface area contributed by atoms with E-state index in [0.717, 1.165) is 37.8 Å². The molecule has 0 bridgehead atoms. The first-order valence-corrected chi connectivity index (χ1v) is 6.47. The van der Waals surface area contributed by atoms with Crippen LogP contribution in [-0.2, 0) is 13.0 Å². The standard InChI is InChI=1S/C12H20N4/c1-9-4-6-16-11(7-9)14-12(15-16)10-3-2-5-13-8-10/h9-10,13H,2-8H2,1H3. The number of piperidine rings is 1. The van der Waals surface area contributed by atoms with Gasteiger partial charge in [-0.05, 0) is 31.7 Å². The lowest BCUT2D eigenvalue weighted by Gasteiger charge is -2.19. The van der Waals surface area contributed by atoms with E-state index in [9.17, 15) is 0 Å². The van der Waals surface area contributed by atoms with Crippen LogP contribution in [0.1, 0.15) is 43.8 Å². The van der Waals surface area contributed by atoms with Crippen LogP contribution in [0.15, 0.2) is 0 Å². The second-order valence-electron chi connectivity index (χ2n) is 5.25. The van der Waals surface area contributed by atoms with Crippen LogP contribution in [0.5, 0.6) is 0 Å². The zero-order valence-corrected chi connectivity index (χ0v) is 9.95. The van der Waals surface area contributed by atoms with Gasteiger partial charge in [-0.3, -0.25) is 0 Å². The highest BCUT2D eigenvalue weighted by atomic mass is 15.4. The van der Waals surface area contributed by atoms with E-state index in [1.807, 2.05) is 0 Å². The topological polar surface area (TPSA) is 42.7 Å². The van der Waals surface area contributed by atoms with E-state index in [1.165, 1.54) is 25.1 Å². The molecule has 4 heteroatoms. The Morgan fingerprint density at radius 1 is 1.38 bits per heavy atom. The van der Waals surface area contributed by atoms with Crippen molar-refractivity contribution in [2.24, 2.45) is 5.92 Å². The first kappa shape index (κ1) is 10.3. The Morgan fingerprint density at radius 3 is 3.12 bits per heavy atom. The Kier molecular flexibility index (Phi) is 2.67. The second kappa shape index (κ2) is 4.17. The molecule has 0 aliphatic carbocycles. The molecule has 1 fully saturated rings. The molecule has 0 radical (unpaired) electrons. The molecule has 16 heavy (non-hydrogen) atoms. The van der Waals surface area contributed by atoms with Crippen molar-refractivity contribution in [1.29, 1.82) is 0 Å². The number of nitrogens with zero attached hydrogens (tertiary/aromatic N) is 3. The number of hydrogen-bond acceptors (Lipinski definition) is 3. The molecule has 0 aromatic carbocycles. The summed E-state index contributed by atoms with van der Waals surface area (Å²) in [7, 11) is 0. The van der Waals surface area contributed by atoms with Crippen molar-refractivity contribution >= 4 is 0 Å². The summed E-state index contributed by atoms with van der Waals surface area (Å²) in [6.45, 7) is 5.57. The summed E-state index contributed by atoms with van der Waals surface area (Å²) in [6, 6.07) is 0. The van der Waals surface area contributed by atoms with E-state index in [1.54, 1.807) is 0 Å². The highest BCUT2D eigenvalue weighted by Gasteiger charge is 2.24. The molecule has 1 N–H and O–H groups in total. The smallest absolute Gasteiger partial charge is 0.155 e. The maximum absolute atomic E-state index is 4.74. The number of aromatic nitrogens is 3. The van der Waals surface area contributed by atoms with Crippen LogP contribution in [0.2, 0.25) is 0 Å². The molecule has 4 nitrogen and oxygen atoms in total. The maximum atomic E-state index is 4.74. The summed E-state index contributed by atoms with van der Waals surface area (Å²) in [4.78, 5) is 4.74. The van der Waals surface area contributed by atoms with Gasteiger partial charge >= 0.3 is 0 Å². The molecule has 3 rings (SSSR count). The Morgan fingerprint density at radius 2 is 2.31 bits per heavy atom. The van der Waals surface area contributed by atoms with E-state index in [4.69, 9.17) is 4.98 Å². The van der Waals surface area contributed by atoms with Gasteiger partial charge in [-0.1, -0.05) is 6.92 Å². The van der Waals surface area contributed by atoms with Crippen molar-refractivity contribution in [3.05, 3.63) is 11.6 Å². The van der Waals surface area contributed by atoms with Crippen LogP contribution in [0.3, 0.4) is 0 Å². The monoisotopic (exact) mass is 220 g/mol. The third kappa shape index (κ3) is 1.86. The summed E-state index contributed by atoms with van der Waals surface area (Å²) in [5.41, 5.74) is 0. The second-order valence-corrected chi connectivity index (χ2v) is 5.25. The van der Waals surface area contributed by atoms with E-state index in [2.05, 4.69) is 22.0 Å². The van der Waals surface area contributed by atoms with E-state index < -0.39 is 0 Å². The van der Waals surface area contributed by atoms with Crippen molar-refractivity contribution in [3.63, 3.8) is 0 Å². The molecular weight excluding hydrogens is 200 g/mol. The quantitative estimate of drug-likeness (QED) is 0.776. The summed E-state index contributed by atoms with van der Waals surface area (Å²) in [5.74, 6) is 3.60. The fraction of sp³-hybridized carbons (Fsp3) is 0.833. The summed E-state index contributed by atoms with van der Waals surface area (Å²) in [6.07, 6.45) is 4.85. The molecule has 1 aromatic heterocycles. The molecule has 1 aromatic rings. The predicted octanol–water partition coefficient (Wildman–Crippen LogP) is 1.33. The lowest BCUT2D eigenvalue weighted by atomic mass is 9.99. The highest BCUT2D eigenvalue weighted by molar-refractivity contribution is 5.03. The number of rotatable bonds is 1. The lowest BCUT2D eigenvalue weighted by Crippen LogP contribution is -2.29. The van der Waals surface area contributed by atoms with Crippen LogP contribution >= 0.6 is 0 Å². The minimum Gasteiger partial charge on any atom is -0.316 e. The molecule has 0 saturated carbocycles. The van der Waals surface area contributed by atoms with E-state index >= 15 is 0 Å². The Labute approximate surface area is 96.4 Å². The molecule has 88 valence electrons. The molecule has 2 aliphatic rings. The molecule has 3 heterocycles. The molecular formula is C12H20N4. The van der Waals surface area contributed by atoms with Crippen LogP contribution < -0.4 is 5.32 Å². The lowest BCUT2D eigenvalue weighted by molar-refractivity contribution is 0.383. The number of fused-ring (bicyclic) bond motifs is 1. The normalized spacial score (nSPS) is 30.1. The van der Waals surface area contributed by atoms with Crippen LogP contribution in [0.4, 0.5) is 0 Å². The van der Waals surface area contributed by atoms with Gasteiger partial charge in [0, 0.05) is 25.4 Å².